The number of rotatable bonds is 9. The number of amides is 2. The van der Waals surface area contributed by atoms with E-state index in [1.54, 1.807) is 50.2 Å². The van der Waals surface area contributed by atoms with Crippen molar-refractivity contribution in [2.75, 3.05) is 17.1 Å². The van der Waals surface area contributed by atoms with Gasteiger partial charge >= 0.3 is 0 Å². The Hall–Kier alpha value is -2.94. The molecule has 184 valence electrons. The molecule has 0 spiro atoms. The molecular formula is C25H32FN3O4S. The molecule has 7 nitrogen and oxygen atoms in total. The van der Waals surface area contributed by atoms with Gasteiger partial charge in [0.2, 0.25) is 21.8 Å². The number of halogens is 1. The van der Waals surface area contributed by atoms with Gasteiger partial charge in [-0.25, -0.2) is 12.8 Å². The monoisotopic (exact) mass is 489 g/mol. The van der Waals surface area contributed by atoms with E-state index in [9.17, 15) is 22.4 Å². The molecule has 2 amide bonds. The summed E-state index contributed by atoms with van der Waals surface area (Å²) in [4.78, 5) is 27.9. The number of hydrogen-bond acceptors (Lipinski definition) is 4. The number of aryl methyl sites for hydroxylation is 1. The van der Waals surface area contributed by atoms with Gasteiger partial charge in [0.15, 0.2) is 0 Å². The van der Waals surface area contributed by atoms with Gasteiger partial charge in [-0.15, -0.1) is 0 Å². The molecule has 1 aliphatic rings. The van der Waals surface area contributed by atoms with Crippen molar-refractivity contribution >= 4 is 27.5 Å². The van der Waals surface area contributed by atoms with Gasteiger partial charge in [0.05, 0.1) is 11.9 Å². The molecule has 0 heterocycles. The van der Waals surface area contributed by atoms with Crippen LogP contribution in [0.3, 0.4) is 0 Å². The second-order valence-corrected chi connectivity index (χ2v) is 10.8. The van der Waals surface area contributed by atoms with Crippen LogP contribution in [0.4, 0.5) is 10.1 Å². The molecule has 34 heavy (non-hydrogen) atoms. The van der Waals surface area contributed by atoms with E-state index >= 15 is 0 Å². The van der Waals surface area contributed by atoms with Crippen molar-refractivity contribution in [3.63, 3.8) is 0 Å². The number of para-hydroxylation sites is 1. The highest BCUT2D eigenvalue weighted by molar-refractivity contribution is 7.92. The van der Waals surface area contributed by atoms with Crippen molar-refractivity contribution in [2.24, 2.45) is 0 Å². The summed E-state index contributed by atoms with van der Waals surface area (Å²) in [5.41, 5.74) is 1.75. The number of nitrogens with zero attached hydrogens (tertiary/aromatic N) is 2. The first-order chi connectivity index (χ1) is 16.1. The van der Waals surface area contributed by atoms with E-state index in [0.29, 0.717) is 16.8 Å². The maximum atomic E-state index is 13.5. The van der Waals surface area contributed by atoms with E-state index in [1.165, 1.54) is 17.0 Å². The second kappa shape index (κ2) is 11.0. The molecule has 1 aliphatic carbocycles. The van der Waals surface area contributed by atoms with Crippen molar-refractivity contribution in [2.45, 2.75) is 58.2 Å². The van der Waals surface area contributed by atoms with Crippen LogP contribution in [0.2, 0.25) is 0 Å². The molecule has 1 atom stereocenters. The van der Waals surface area contributed by atoms with Gasteiger partial charge in [-0.1, -0.05) is 43.2 Å². The highest BCUT2D eigenvalue weighted by atomic mass is 32.2. The summed E-state index contributed by atoms with van der Waals surface area (Å²) >= 11 is 0. The van der Waals surface area contributed by atoms with Gasteiger partial charge in [-0.05, 0) is 56.0 Å². The maximum absolute atomic E-state index is 13.5. The summed E-state index contributed by atoms with van der Waals surface area (Å²) in [6.45, 7) is 2.99. The first-order valence-corrected chi connectivity index (χ1v) is 13.3. The Labute approximate surface area is 201 Å². The number of sulfonamides is 1. The minimum Gasteiger partial charge on any atom is -0.352 e. The van der Waals surface area contributed by atoms with E-state index in [4.69, 9.17) is 0 Å². The van der Waals surface area contributed by atoms with Crippen molar-refractivity contribution in [1.82, 2.24) is 10.2 Å². The average molecular weight is 490 g/mol. The fourth-order valence-electron chi connectivity index (χ4n) is 4.20. The average Bonchev–Trinajstić information content (AvgIpc) is 3.29. The minimum atomic E-state index is -3.78. The molecule has 9 heteroatoms. The molecule has 0 unspecified atom stereocenters. The van der Waals surface area contributed by atoms with Crippen molar-refractivity contribution < 1.29 is 22.4 Å². The van der Waals surface area contributed by atoms with E-state index in [-0.39, 0.29) is 18.5 Å². The van der Waals surface area contributed by atoms with Gasteiger partial charge in [-0.2, -0.15) is 0 Å². The molecule has 0 saturated heterocycles. The number of nitrogens with one attached hydrogen (secondary N) is 1. The third-order valence-corrected chi connectivity index (χ3v) is 7.32. The molecule has 0 aromatic heterocycles. The van der Waals surface area contributed by atoms with Crippen molar-refractivity contribution in [1.29, 1.82) is 0 Å². The largest absolute Gasteiger partial charge is 0.352 e. The summed E-state index contributed by atoms with van der Waals surface area (Å²) in [5, 5.41) is 3.01. The van der Waals surface area contributed by atoms with E-state index in [0.717, 1.165) is 36.2 Å². The third-order valence-electron chi connectivity index (χ3n) is 6.20. The summed E-state index contributed by atoms with van der Waals surface area (Å²) in [5.74, 6) is -1.22. The molecule has 0 bridgehead atoms. The Bertz CT molecular complexity index is 1120. The van der Waals surface area contributed by atoms with E-state index in [2.05, 4.69) is 5.32 Å². The van der Waals surface area contributed by atoms with E-state index in [1.807, 2.05) is 0 Å². The molecule has 3 rings (SSSR count). The minimum absolute atomic E-state index is 0.0454. The number of benzene rings is 2. The Kier molecular flexibility index (Phi) is 8.30. The predicted octanol–water partition coefficient (Wildman–Crippen LogP) is 3.38. The first-order valence-electron chi connectivity index (χ1n) is 11.4. The molecule has 2 aromatic rings. The van der Waals surface area contributed by atoms with Crippen LogP contribution in [-0.4, -0.2) is 50.0 Å². The molecular weight excluding hydrogens is 457 g/mol. The number of carbonyl (C=O) groups is 2. The number of hydrogen-bond donors (Lipinski definition) is 1. The normalized spacial score (nSPS) is 15.1. The van der Waals surface area contributed by atoms with Crippen LogP contribution in [0.5, 0.6) is 0 Å². The van der Waals surface area contributed by atoms with Gasteiger partial charge < -0.3 is 10.2 Å². The maximum Gasteiger partial charge on any atom is 0.244 e. The standard InChI is InChI=1S/C25H32FN3O4S/c1-18-8-4-7-11-23(18)29(34(3,32)33)17-24(30)28(16-20-12-14-21(26)15-13-20)19(2)25(31)27-22-9-5-6-10-22/h4,7-8,11-15,19,22H,5-6,9-10,16-17H2,1-3H3,(H,27,31)/t19-/m1/s1. The smallest absolute Gasteiger partial charge is 0.244 e. The molecule has 0 radical (unpaired) electrons. The fraction of sp³-hybridized carbons (Fsp3) is 0.440. The number of carbonyl (C=O) groups excluding carboxylic acids is 2. The Morgan fingerprint density at radius 3 is 2.29 bits per heavy atom. The summed E-state index contributed by atoms with van der Waals surface area (Å²) in [6.07, 6.45) is 4.96. The Morgan fingerprint density at radius 2 is 1.71 bits per heavy atom. The van der Waals surface area contributed by atoms with Gasteiger partial charge in [0.1, 0.15) is 18.4 Å². The first kappa shape index (κ1) is 25.7. The second-order valence-electron chi connectivity index (χ2n) is 8.87. The molecule has 1 N–H and O–H groups in total. The van der Waals surface area contributed by atoms with Crippen molar-refractivity contribution in [3.8, 4) is 0 Å². The highest BCUT2D eigenvalue weighted by Gasteiger charge is 2.31. The summed E-state index contributed by atoms with van der Waals surface area (Å²) < 4.78 is 39.7. The third kappa shape index (κ3) is 6.56. The number of anilines is 1. The molecule has 1 saturated carbocycles. The lowest BCUT2D eigenvalue weighted by atomic mass is 10.1. The van der Waals surface area contributed by atoms with Crippen LogP contribution in [0.25, 0.3) is 0 Å². The topological polar surface area (TPSA) is 86.8 Å². The zero-order valence-electron chi connectivity index (χ0n) is 19.8. The lowest BCUT2D eigenvalue weighted by molar-refractivity contribution is -0.139. The van der Waals surface area contributed by atoms with Crippen LogP contribution < -0.4 is 9.62 Å². The fourth-order valence-corrected chi connectivity index (χ4v) is 5.11. The SMILES string of the molecule is Cc1ccccc1N(CC(=O)N(Cc1ccc(F)cc1)[C@H](C)C(=O)NC1CCCC1)S(C)(=O)=O. The molecule has 0 aliphatic heterocycles. The highest BCUT2D eigenvalue weighted by Crippen LogP contribution is 2.23. The van der Waals surface area contributed by atoms with Crippen molar-refractivity contribution in [3.05, 3.63) is 65.5 Å². The Morgan fingerprint density at radius 1 is 1.09 bits per heavy atom. The Balaban J connectivity index is 1.88. The summed E-state index contributed by atoms with van der Waals surface area (Å²) in [6, 6.07) is 11.8. The lowest BCUT2D eigenvalue weighted by Gasteiger charge is -2.32. The zero-order valence-corrected chi connectivity index (χ0v) is 20.6. The quantitative estimate of drug-likeness (QED) is 0.585. The molecule has 2 aromatic carbocycles. The zero-order chi connectivity index (χ0) is 24.9. The van der Waals surface area contributed by atoms with Crippen LogP contribution in [0, 0.1) is 12.7 Å². The van der Waals surface area contributed by atoms with Crippen LogP contribution >= 0.6 is 0 Å². The predicted molar refractivity (Wildman–Crippen MR) is 130 cm³/mol. The lowest BCUT2D eigenvalue weighted by Crippen LogP contribution is -2.52. The van der Waals surface area contributed by atoms with Crippen LogP contribution in [0.15, 0.2) is 48.5 Å². The molecule has 1 fully saturated rings. The van der Waals surface area contributed by atoms with Crippen LogP contribution in [0.1, 0.15) is 43.7 Å². The van der Waals surface area contributed by atoms with E-state index < -0.39 is 34.3 Å². The van der Waals surface area contributed by atoms with Gasteiger partial charge in [-0.3, -0.25) is 13.9 Å². The van der Waals surface area contributed by atoms with Gasteiger partial charge in [0, 0.05) is 12.6 Å². The van der Waals surface area contributed by atoms with Gasteiger partial charge in [0.25, 0.3) is 0 Å². The van der Waals surface area contributed by atoms with Crippen LogP contribution in [-0.2, 0) is 26.2 Å². The summed E-state index contributed by atoms with van der Waals surface area (Å²) in [7, 11) is -3.78.